The molecule has 0 saturated carbocycles. The van der Waals surface area contributed by atoms with Gasteiger partial charge in [-0.05, 0) is 30.3 Å². The highest BCUT2D eigenvalue weighted by atomic mass is 19.3. The Morgan fingerprint density at radius 2 is 2.09 bits per heavy atom. The van der Waals surface area contributed by atoms with E-state index in [0.717, 1.165) is 10.9 Å². The van der Waals surface area contributed by atoms with Crippen LogP contribution >= 0.6 is 0 Å². The Labute approximate surface area is 183 Å². The topological polar surface area (TPSA) is 104 Å². The van der Waals surface area contributed by atoms with Crippen LogP contribution in [0.1, 0.15) is 30.8 Å². The van der Waals surface area contributed by atoms with E-state index < -0.39 is 17.4 Å². The van der Waals surface area contributed by atoms with Crippen molar-refractivity contribution >= 4 is 16.8 Å². The lowest BCUT2D eigenvalue weighted by Gasteiger charge is -2.30. The summed E-state index contributed by atoms with van der Waals surface area (Å²) in [4.78, 5) is 30.9. The van der Waals surface area contributed by atoms with E-state index in [4.69, 9.17) is 10.5 Å². The van der Waals surface area contributed by atoms with E-state index in [0.29, 0.717) is 36.7 Å². The molecule has 1 saturated heterocycles. The molecule has 1 radical (unpaired) electrons. The van der Waals surface area contributed by atoms with Gasteiger partial charge in [-0.3, -0.25) is 14.5 Å². The zero-order valence-corrected chi connectivity index (χ0v) is 17.9. The quantitative estimate of drug-likeness (QED) is 0.522. The Morgan fingerprint density at radius 1 is 1.31 bits per heavy atom. The number of hydrogen-bond acceptors (Lipinski definition) is 4. The summed E-state index contributed by atoms with van der Waals surface area (Å²) < 4.78 is 32.9. The molecule has 3 heterocycles. The molecule has 1 aliphatic heterocycles. The number of fused-ring (bicyclic) bond motifs is 1. The summed E-state index contributed by atoms with van der Waals surface area (Å²) in [5.74, 6) is -2.71. The van der Waals surface area contributed by atoms with Crippen molar-refractivity contribution in [2.75, 3.05) is 26.2 Å². The molecule has 0 bridgehead atoms. The Kier molecular flexibility index (Phi) is 5.54. The minimum Gasteiger partial charge on any atom is -0.493 e. The van der Waals surface area contributed by atoms with E-state index in [1.165, 1.54) is 6.07 Å². The van der Waals surface area contributed by atoms with Crippen LogP contribution < -0.4 is 16.0 Å². The Balaban J connectivity index is 1.46. The molecule has 3 aromatic rings. The fourth-order valence-electron chi connectivity index (χ4n) is 3.98. The van der Waals surface area contributed by atoms with Crippen LogP contribution in [-0.2, 0) is 0 Å². The summed E-state index contributed by atoms with van der Waals surface area (Å²) in [5.41, 5.74) is 6.05. The van der Waals surface area contributed by atoms with E-state index in [9.17, 15) is 18.4 Å². The summed E-state index contributed by atoms with van der Waals surface area (Å²) in [7, 11) is 0. The summed E-state index contributed by atoms with van der Waals surface area (Å²) in [6.45, 7) is 5.08. The first-order chi connectivity index (χ1) is 15.0. The summed E-state index contributed by atoms with van der Waals surface area (Å²) in [6, 6.07) is 11.4. The maximum atomic E-state index is 13.5. The van der Waals surface area contributed by atoms with Crippen molar-refractivity contribution in [3.63, 3.8) is 0 Å². The molecule has 7 nitrogen and oxygen atoms in total. The van der Waals surface area contributed by atoms with E-state index in [1.54, 1.807) is 4.90 Å². The largest absolute Gasteiger partial charge is 0.493 e. The Bertz CT molecular complexity index is 1220. The van der Waals surface area contributed by atoms with E-state index >= 15 is 0 Å². The molecular weight excluding hydrogens is 418 g/mol. The second-order valence-corrected chi connectivity index (χ2v) is 9.10. The number of aromatic nitrogens is 2. The van der Waals surface area contributed by atoms with Gasteiger partial charge in [-0.2, -0.15) is 0 Å². The number of nitrogens with one attached hydrogen (secondary N) is 2. The highest BCUT2D eigenvalue weighted by Crippen LogP contribution is 2.31. The molecule has 0 atom stereocenters. The molecule has 169 valence electrons. The first-order valence-electron chi connectivity index (χ1n) is 10.3. The average molecular weight is 443 g/mol. The second kappa shape index (κ2) is 8.05. The Hall–Kier alpha value is -3.20. The molecule has 1 aliphatic rings. The fourth-order valence-corrected chi connectivity index (χ4v) is 3.98. The van der Waals surface area contributed by atoms with Gasteiger partial charge in [-0.1, -0.05) is 13.8 Å². The summed E-state index contributed by atoms with van der Waals surface area (Å²) in [5, 5.41) is 0.841. The smallest absolute Gasteiger partial charge is 0.265 e. The summed E-state index contributed by atoms with van der Waals surface area (Å²) >= 11 is 0. The number of halogens is 2. The Morgan fingerprint density at radius 3 is 2.75 bits per heavy atom. The van der Waals surface area contributed by atoms with Crippen molar-refractivity contribution in [2.24, 2.45) is 11.1 Å². The predicted molar refractivity (Wildman–Crippen MR) is 117 cm³/mol. The summed E-state index contributed by atoms with van der Waals surface area (Å²) in [6.07, 6.45) is -0.0950. The maximum Gasteiger partial charge on any atom is 0.265 e. The van der Waals surface area contributed by atoms with Gasteiger partial charge in [0.1, 0.15) is 11.4 Å². The lowest BCUT2D eigenvalue weighted by Crippen LogP contribution is -2.37. The molecule has 0 unspecified atom stereocenters. The van der Waals surface area contributed by atoms with Crippen molar-refractivity contribution < 1.29 is 18.3 Å². The van der Waals surface area contributed by atoms with Gasteiger partial charge in [0, 0.05) is 41.9 Å². The predicted octanol–water partition coefficient (Wildman–Crippen LogP) is 3.17. The molecule has 4 rings (SSSR count). The van der Waals surface area contributed by atoms with Gasteiger partial charge in [-0.15, -0.1) is 0 Å². The van der Waals surface area contributed by atoms with Gasteiger partial charge in [0.05, 0.1) is 24.4 Å². The minimum absolute atomic E-state index is 0.0780. The van der Waals surface area contributed by atoms with Crippen LogP contribution in [0.3, 0.4) is 0 Å². The molecule has 9 heteroatoms. The number of amides is 1. The number of rotatable bonds is 7. The van der Waals surface area contributed by atoms with E-state index in [-0.39, 0.29) is 24.1 Å². The highest BCUT2D eigenvalue weighted by molar-refractivity contribution is 5.91. The van der Waals surface area contributed by atoms with Crippen molar-refractivity contribution in [3.8, 4) is 17.0 Å². The van der Waals surface area contributed by atoms with E-state index in [1.807, 2.05) is 38.1 Å². The molecule has 0 aliphatic carbocycles. The number of carbonyl (C=O) groups is 1. The van der Waals surface area contributed by atoms with Crippen LogP contribution in [0.4, 0.5) is 8.78 Å². The van der Waals surface area contributed by atoms with Crippen LogP contribution in [-0.4, -0.2) is 52.9 Å². The van der Waals surface area contributed by atoms with Gasteiger partial charge in [0.15, 0.2) is 0 Å². The number of H-pyrrole nitrogens is 2. The van der Waals surface area contributed by atoms with Crippen molar-refractivity contribution in [2.45, 2.75) is 26.2 Å². The molecule has 32 heavy (non-hydrogen) atoms. The van der Waals surface area contributed by atoms with Crippen LogP contribution in [0.15, 0.2) is 35.1 Å². The number of carbonyl (C=O) groups excluding carboxylic acids is 1. The van der Waals surface area contributed by atoms with Gasteiger partial charge < -0.3 is 20.4 Å². The average Bonchev–Trinajstić information content (AvgIpc) is 3.27. The SMILES string of the molecule is CC(C)(COc1ccc2[nH]c(-c3c[c]c(C(N)=O)[nH]c3=O)cc2c1)CN1CCC(F)(F)C1. The zero-order valence-electron chi connectivity index (χ0n) is 17.9. The number of nitrogens with zero attached hydrogens (tertiary/aromatic N) is 1. The number of likely N-dealkylation sites (tertiary alicyclic amines) is 1. The van der Waals surface area contributed by atoms with Crippen LogP contribution in [0.25, 0.3) is 22.2 Å². The van der Waals surface area contributed by atoms with Crippen molar-refractivity contribution in [1.82, 2.24) is 14.9 Å². The number of hydrogen-bond donors (Lipinski definition) is 3. The molecule has 4 N–H and O–H groups in total. The number of alkyl halides is 2. The third-order valence-corrected chi connectivity index (χ3v) is 5.50. The number of pyridine rings is 1. The van der Waals surface area contributed by atoms with Gasteiger partial charge in [0.25, 0.3) is 17.4 Å². The molecule has 1 aromatic carbocycles. The molecular formula is C23H25F2N4O3. The highest BCUT2D eigenvalue weighted by Gasteiger charge is 2.39. The van der Waals surface area contributed by atoms with Crippen molar-refractivity contribution in [3.05, 3.63) is 52.4 Å². The maximum absolute atomic E-state index is 13.5. The fraction of sp³-hybridized carbons (Fsp3) is 0.391. The first-order valence-corrected chi connectivity index (χ1v) is 10.3. The molecule has 1 amide bonds. The zero-order chi connectivity index (χ0) is 23.1. The standard InChI is InChI=1S/C23H25F2N4O3/c1-22(2,11-29-8-7-23(24,25)12-29)13-32-15-3-5-17-14(9-15)10-19(27-17)16-4-6-18(20(26)30)28-21(16)31/h3-5,9-10,27H,7-8,11-13H2,1-2H3,(H2,26,30)(H,28,31). The monoisotopic (exact) mass is 443 g/mol. The van der Waals surface area contributed by atoms with Crippen LogP contribution in [0, 0.1) is 11.5 Å². The minimum atomic E-state index is -2.60. The third kappa shape index (κ3) is 4.83. The molecule has 2 aromatic heterocycles. The van der Waals surface area contributed by atoms with Gasteiger partial charge in [0.2, 0.25) is 0 Å². The normalized spacial score (nSPS) is 16.5. The number of ether oxygens (including phenoxy) is 1. The number of aromatic amines is 2. The second-order valence-electron chi connectivity index (χ2n) is 9.10. The number of primary amides is 1. The third-order valence-electron chi connectivity index (χ3n) is 5.50. The molecule has 0 spiro atoms. The number of benzene rings is 1. The lowest BCUT2D eigenvalue weighted by molar-refractivity contribution is 0.00700. The number of nitrogens with two attached hydrogens (primary N) is 1. The van der Waals surface area contributed by atoms with Gasteiger partial charge >= 0.3 is 0 Å². The molecule has 1 fully saturated rings. The van der Waals surface area contributed by atoms with E-state index in [2.05, 4.69) is 16.0 Å². The lowest BCUT2D eigenvalue weighted by atomic mass is 9.94. The van der Waals surface area contributed by atoms with Crippen LogP contribution in [0.2, 0.25) is 0 Å². The van der Waals surface area contributed by atoms with Gasteiger partial charge in [-0.25, -0.2) is 8.78 Å². The van der Waals surface area contributed by atoms with Crippen molar-refractivity contribution in [1.29, 1.82) is 0 Å². The first kappa shape index (κ1) is 22.0. The van der Waals surface area contributed by atoms with Crippen LogP contribution in [0.5, 0.6) is 5.75 Å².